The molecule has 1 fully saturated rings. The van der Waals surface area contributed by atoms with Gasteiger partial charge >= 0.3 is 0 Å². The highest BCUT2D eigenvalue weighted by molar-refractivity contribution is 9.11. The molecule has 0 bridgehead atoms. The van der Waals surface area contributed by atoms with Gasteiger partial charge in [-0.05, 0) is 34.1 Å². The van der Waals surface area contributed by atoms with Gasteiger partial charge in [0.15, 0.2) is 0 Å². The number of halogens is 3. The molecular weight excluding hydrogens is 345 g/mol. The number of carbonyl (C=O) groups excluding carboxylic acids is 1. The van der Waals surface area contributed by atoms with Gasteiger partial charge in [0, 0.05) is 21.9 Å². The van der Waals surface area contributed by atoms with Gasteiger partial charge in [-0.3, -0.25) is 4.79 Å². The normalized spacial score (nSPS) is 21.1. The van der Waals surface area contributed by atoms with Crippen LogP contribution in [0.5, 0.6) is 0 Å². The summed E-state index contributed by atoms with van der Waals surface area (Å²) in [5.41, 5.74) is 0.881. The monoisotopic (exact) mass is 351 g/mol. The minimum absolute atomic E-state index is 0.0759. The van der Waals surface area contributed by atoms with E-state index in [9.17, 15) is 4.79 Å². The molecule has 1 amide bonds. The second-order valence-electron chi connectivity index (χ2n) is 3.40. The Kier molecular flexibility index (Phi) is 3.38. The minimum Gasteiger partial charge on any atom is -0.310 e. The van der Waals surface area contributed by atoms with Gasteiger partial charge in [-0.15, -0.1) is 11.6 Å². The highest BCUT2D eigenvalue weighted by Crippen LogP contribution is 2.32. The molecule has 0 N–H and O–H groups in total. The van der Waals surface area contributed by atoms with E-state index >= 15 is 0 Å². The molecule has 1 aromatic carbocycles. The molecule has 80 valence electrons. The third-order valence-corrected chi connectivity index (χ3v) is 3.70. The fourth-order valence-electron chi connectivity index (χ4n) is 1.60. The highest BCUT2D eigenvalue weighted by atomic mass is 79.9. The molecule has 1 saturated heterocycles. The van der Waals surface area contributed by atoms with E-state index in [1.807, 2.05) is 18.2 Å². The van der Waals surface area contributed by atoms with Crippen LogP contribution in [-0.4, -0.2) is 17.8 Å². The number of nitrogens with zero attached hydrogens (tertiary/aromatic N) is 1. The number of amides is 1. The molecule has 2 rings (SSSR count). The lowest BCUT2D eigenvalue weighted by Crippen LogP contribution is -2.24. The van der Waals surface area contributed by atoms with Crippen LogP contribution in [-0.2, 0) is 4.79 Å². The summed E-state index contributed by atoms with van der Waals surface area (Å²) in [4.78, 5) is 13.3. The van der Waals surface area contributed by atoms with Crippen LogP contribution >= 0.6 is 43.5 Å². The van der Waals surface area contributed by atoms with Gasteiger partial charge in [0.1, 0.15) is 0 Å². The van der Waals surface area contributed by atoms with Crippen LogP contribution in [0.25, 0.3) is 0 Å². The first kappa shape index (κ1) is 11.4. The van der Waals surface area contributed by atoms with Crippen LogP contribution in [0.4, 0.5) is 5.69 Å². The van der Waals surface area contributed by atoms with Crippen molar-refractivity contribution in [2.24, 2.45) is 0 Å². The van der Waals surface area contributed by atoms with Crippen LogP contribution in [0.15, 0.2) is 27.1 Å². The van der Waals surface area contributed by atoms with Crippen LogP contribution in [0.3, 0.4) is 0 Å². The Labute approximate surface area is 110 Å². The molecule has 0 aliphatic carbocycles. The zero-order chi connectivity index (χ0) is 11.0. The molecule has 0 saturated carbocycles. The Bertz CT molecular complexity index is 410. The van der Waals surface area contributed by atoms with Crippen LogP contribution < -0.4 is 4.90 Å². The summed E-state index contributed by atoms with van der Waals surface area (Å²) in [5, 5.41) is -0.0759. The van der Waals surface area contributed by atoms with Gasteiger partial charge in [-0.1, -0.05) is 15.9 Å². The molecule has 0 spiro atoms. The molecule has 1 atom stereocenters. The predicted octanol–water partition coefficient (Wildman–Crippen LogP) is 3.56. The van der Waals surface area contributed by atoms with E-state index in [0.717, 1.165) is 14.6 Å². The van der Waals surface area contributed by atoms with Crippen molar-refractivity contribution in [3.05, 3.63) is 27.1 Å². The van der Waals surface area contributed by atoms with Crippen molar-refractivity contribution in [1.82, 2.24) is 0 Å². The van der Waals surface area contributed by atoms with E-state index < -0.39 is 0 Å². The van der Waals surface area contributed by atoms with Gasteiger partial charge in [-0.2, -0.15) is 0 Å². The molecule has 15 heavy (non-hydrogen) atoms. The molecule has 1 unspecified atom stereocenters. The van der Waals surface area contributed by atoms with Crippen molar-refractivity contribution in [1.29, 1.82) is 0 Å². The van der Waals surface area contributed by atoms with Crippen molar-refractivity contribution in [3.63, 3.8) is 0 Å². The first-order chi connectivity index (χ1) is 7.08. The largest absolute Gasteiger partial charge is 0.310 e. The number of rotatable bonds is 1. The Balaban J connectivity index is 2.34. The van der Waals surface area contributed by atoms with E-state index in [1.54, 1.807) is 4.90 Å². The topological polar surface area (TPSA) is 20.3 Å². The molecule has 1 aliphatic rings. The van der Waals surface area contributed by atoms with E-state index in [2.05, 4.69) is 31.9 Å². The van der Waals surface area contributed by atoms with E-state index in [-0.39, 0.29) is 11.3 Å². The molecule has 1 aliphatic heterocycles. The van der Waals surface area contributed by atoms with Crippen molar-refractivity contribution in [2.45, 2.75) is 11.8 Å². The molecule has 1 aromatic rings. The average molecular weight is 353 g/mol. The van der Waals surface area contributed by atoms with Gasteiger partial charge in [0.2, 0.25) is 5.91 Å². The molecule has 0 radical (unpaired) electrons. The van der Waals surface area contributed by atoms with Crippen molar-refractivity contribution in [3.8, 4) is 0 Å². The average Bonchev–Trinajstić information content (AvgIpc) is 2.45. The van der Waals surface area contributed by atoms with E-state index in [1.165, 1.54) is 0 Å². The van der Waals surface area contributed by atoms with E-state index in [4.69, 9.17) is 11.6 Å². The summed E-state index contributed by atoms with van der Waals surface area (Å²) in [5.74, 6) is 0.0815. The van der Waals surface area contributed by atoms with Crippen molar-refractivity contribution < 1.29 is 4.79 Å². The van der Waals surface area contributed by atoms with Crippen LogP contribution in [0, 0.1) is 0 Å². The third-order valence-electron chi connectivity index (χ3n) is 2.28. The fraction of sp³-hybridized carbons (Fsp3) is 0.300. The molecule has 1 heterocycles. The third kappa shape index (κ3) is 2.37. The zero-order valence-electron chi connectivity index (χ0n) is 7.71. The number of alkyl halides is 1. The van der Waals surface area contributed by atoms with Gasteiger partial charge < -0.3 is 4.90 Å². The lowest BCUT2D eigenvalue weighted by Gasteiger charge is -2.17. The molecular formula is C10H8Br2ClNO. The predicted molar refractivity (Wildman–Crippen MR) is 68.5 cm³/mol. The van der Waals surface area contributed by atoms with Crippen LogP contribution in [0.1, 0.15) is 6.42 Å². The SMILES string of the molecule is O=C1CC(Cl)CN1c1ccc(Br)cc1Br. The molecule has 0 aromatic heterocycles. The Morgan fingerprint density at radius 1 is 1.40 bits per heavy atom. The first-order valence-corrected chi connectivity index (χ1v) is 6.49. The van der Waals surface area contributed by atoms with Gasteiger partial charge in [0.05, 0.1) is 11.1 Å². The van der Waals surface area contributed by atoms with Crippen molar-refractivity contribution >= 4 is 55.1 Å². The second-order valence-corrected chi connectivity index (χ2v) is 5.79. The van der Waals surface area contributed by atoms with Gasteiger partial charge in [0.25, 0.3) is 0 Å². The first-order valence-electron chi connectivity index (χ1n) is 4.47. The zero-order valence-corrected chi connectivity index (χ0v) is 11.6. The smallest absolute Gasteiger partial charge is 0.228 e. The summed E-state index contributed by atoms with van der Waals surface area (Å²) in [6.45, 7) is 0.584. The summed E-state index contributed by atoms with van der Waals surface area (Å²) >= 11 is 12.8. The Morgan fingerprint density at radius 2 is 2.13 bits per heavy atom. The summed E-state index contributed by atoms with van der Waals surface area (Å²) in [7, 11) is 0. The highest BCUT2D eigenvalue weighted by Gasteiger charge is 2.30. The minimum atomic E-state index is -0.0759. The van der Waals surface area contributed by atoms with Gasteiger partial charge in [-0.25, -0.2) is 0 Å². The summed E-state index contributed by atoms with van der Waals surface area (Å²) < 4.78 is 1.88. The maximum atomic E-state index is 11.6. The lowest BCUT2D eigenvalue weighted by molar-refractivity contribution is -0.117. The molecule has 5 heteroatoms. The number of hydrogen-bond acceptors (Lipinski definition) is 1. The second kappa shape index (κ2) is 4.44. The fourth-order valence-corrected chi connectivity index (χ4v) is 3.13. The molecule has 2 nitrogen and oxygen atoms in total. The van der Waals surface area contributed by atoms with Crippen LogP contribution in [0.2, 0.25) is 0 Å². The number of benzene rings is 1. The maximum Gasteiger partial charge on any atom is 0.228 e. The quantitative estimate of drug-likeness (QED) is 0.707. The maximum absolute atomic E-state index is 11.6. The Hall–Kier alpha value is -0.0600. The number of anilines is 1. The summed E-state index contributed by atoms with van der Waals surface area (Å²) in [6.07, 6.45) is 0.421. The summed E-state index contributed by atoms with van der Waals surface area (Å²) in [6, 6.07) is 5.74. The Morgan fingerprint density at radius 3 is 2.67 bits per heavy atom. The van der Waals surface area contributed by atoms with E-state index in [0.29, 0.717) is 13.0 Å². The number of carbonyl (C=O) groups is 1. The lowest BCUT2D eigenvalue weighted by atomic mass is 10.3. The number of hydrogen-bond donors (Lipinski definition) is 0. The van der Waals surface area contributed by atoms with Crippen molar-refractivity contribution in [2.75, 3.05) is 11.4 Å². The standard InChI is InChI=1S/C10H8Br2ClNO/c11-6-1-2-9(8(12)3-6)14-5-7(13)4-10(14)15/h1-3,7H,4-5H2.